The molecule has 2 amide bonds. The molecule has 35 heavy (non-hydrogen) atoms. The first-order chi connectivity index (χ1) is 16.4. The van der Waals surface area contributed by atoms with Crippen molar-refractivity contribution in [3.63, 3.8) is 0 Å². The number of carbonyl (C=O) groups excluding carboxylic acids is 3. The summed E-state index contributed by atoms with van der Waals surface area (Å²) in [5, 5.41) is 5.68. The molecule has 8 nitrogen and oxygen atoms in total. The lowest BCUT2D eigenvalue weighted by atomic mass is 10.0. The van der Waals surface area contributed by atoms with Gasteiger partial charge in [0.1, 0.15) is 5.60 Å². The second-order valence-corrected chi connectivity index (χ2v) is 9.46. The average molecular weight is 495 g/mol. The van der Waals surface area contributed by atoms with Crippen molar-refractivity contribution in [3.05, 3.63) is 70.6 Å². The van der Waals surface area contributed by atoms with Crippen LogP contribution in [0.5, 0.6) is 0 Å². The topological polar surface area (TPSA) is 110 Å². The fraction of sp³-hybridized carbons (Fsp3) is 0.269. The molecule has 2 aromatic carbocycles. The van der Waals surface area contributed by atoms with Crippen molar-refractivity contribution in [1.82, 2.24) is 9.97 Å². The van der Waals surface area contributed by atoms with Crippen LogP contribution in [0, 0.1) is 13.8 Å². The third-order valence-electron chi connectivity index (χ3n) is 4.76. The van der Waals surface area contributed by atoms with Gasteiger partial charge in [-0.1, -0.05) is 29.8 Å². The summed E-state index contributed by atoms with van der Waals surface area (Å²) in [6.07, 6.45) is 2.18. The number of ketones is 1. The molecule has 9 heteroatoms. The molecular formula is C26H27ClN4O4. The third-order valence-corrected chi connectivity index (χ3v) is 5.17. The van der Waals surface area contributed by atoms with Gasteiger partial charge in [-0.2, -0.15) is 0 Å². The zero-order chi connectivity index (χ0) is 25.8. The average Bonchev–Trinajstić information content (AvgIpc) is 2.76. The zero-order valence-electron chi connectivity index (χ0n) is 20.2. The Morgan fingerprint density at radius 2 is 1.71 bits per heavy atom. The molecule has 1 heterocycles. The Bertz CT molecular complexity index is 1280. The van der Waals surface area contributed by atoms with Gasteiger partial charge in [-0.3, -0.25) is 19.9 Å². The van der Waals surface area contributed by atoms with E-state index in [-0.39, 0.29) is 11.5 Å². The van der Waals surface area contributed by atoms with Crippen LogP contribution in [0.1, 0.15) is 48.8 Å². The van der Waals surface area contributed by atoms with Crippen LogP contribution in [0.15, 0.2) is 48.8 Å². The molecule has 0 aliphatic rings. The van der Waals surface area contributed by atoms with Crippen LogP contribution in [0.4, 0.5) is 16.2 Å². The highest BCUT2D eigenvalue weighted by Crippen LogP contribution is 2.30. The highest BCUT2D eigenvalue weighted by molar-refractivity contribution is 6.32. The minimum atomic E-state index is -0.694. The minimum Gasteiger partial charge on any atom is -0.444 e. The molecule has 0 saturated heterocycles. The number of rotatable bonds is 6. The summed E-state index contributed by atoms with van der Waals surface area (Å²) in [5.41, 5.74) is 3.05. The molecule has 0 radical (unpaired) electrons. The Morgan fingerprint density at radius 3 is 2.40 bits per heavy atom. The lowest BCUT2D eigenvalue weighted by Gasteiger charge is -2.21. The van der Waals surface area contributed by atoms with Crippen LogP contribution >= 0.6 is 11.6 Å². The van der Waals surface area contributed by atoms with Crippen LogP contribution < -0.4 is 10.6 Å². The van der Waals surface area contributed by atoms with Crippen LogP contribution in [-0.2, 0) is 9.53 Å². The van der Waals surface area contributed by atoms with Gasteiger partial charge in [0, 0.05) is 22.3 Å². The maximum absolute atomic E-state index is 12.8. The summed E-state index contributed by atoms with van der Waals surface area (Å²) in [4.78, 5) is 46.3. The largest absolute Gasteiger partial charge is 0.444 e. The maximum atomic E-state index is 12.8. The van der Waals surface area contributed by atoms with E-state index in [0.29, 0.717) is 27.5 Å². The fourth-order valence-electron chi connectivity index (χ4n) is 3.20. The Kier molecular flexibility index (Phi) is 7.86. The molecule has 0 atom stereocenters. The van der Waals surface area contributed by atoms with Crippen molar-refractivity contribution in [2.75, 3.05) is 10.6 Å². The number of hydrogen-bond donors (Lipinski definition) is 2. The molecular weight excluding hydrogens is 468 g/mol. The number of aryl methyl sites for hydroxylation is 2. The van der Waals surface area contributed by atoms with E-state index in [1.807, 2.05) is 13.0 Å². The highest BCUT2D eigenvalue weighted by atomic mass is 35.5. The number of carbonyl (C=O) groups is 3. The van der Waals surface area contributed by atoms with E-state index in [0.717, 1.165) is 11.3 Å². The van der Waals surface area contributed by atoms with Crippen molar-refractivity contribution in [2.24, 2.45) is 0 Å². The Hall–Kier alpha value is -3.78. The normalized spacial score (nSPS) is 11.0. The molecule has 0 unspecified atom stereocenters. The minimum absolute atomic E-state index is 0.257. The number of benzene rings is 2. The van der Waals surface area contributed by atoms with Crippen molar-refractivity contribution in [2.45, 2.75) is 46.6 Å². The molecule has 0 aliphatic carbocycles. The summed E-state index contributed by atoms with van der Waals surface area (Å²) in [7, 11) is 0. The monoisotopic (exact) mass is 494 g/mol. The number of ether oxygens (including phenoxy) is 1. The molecule has 182 valence electrons. The number of anilines is 2. The van der Waals surface area contributed by atoms with Gasteiger partial charge >= 0.3 is 6.09 Å². The van der Waals surface area contributed by atoms with Crippen LogP contribution in [0.25, 0.3) is 11.3 Å². The van der Waals surface area contributed by atoms with Gasteiger partial charge in [-0.25, -0.2) is 9.78 Å². The van der Waals surface area contributed by atoms with E-state index in [1.54, 1.807) is 64.4 Å². The summed E-state index contributed by atoms with van der Waals surface area (Å²) >= 11 is 6.23. The SMILES string of the molecule is Cc1cncc(-c2cccc(C(=O)CC(=O)Nc3cc(Cl)c(C)cc3NC(=O)OC(C)(C)C)c2)n1. The first-order valence-electron chi connectivity index (χ1n) is 10.9. The lowest BCUT2D eigenvalue weighted by Crippen LogP contribution is -2.27. The molecule has 2 N–H and O–H groups in total. The molecule has 3 rings (SSSR count). The number of aromatic nitrogens is 2. The Balaban J connectivity index is 1.75. The Labute approximate surface area is 209 Å². The van der Waals surface area contributed by atoms with E-state index < -0.39 is 24.0 Å². The van der Waals surface area contributed by atoms with E-state index in [2.05, 4.69) is 20.6 Å². The van der Waals surface area contributed by atoms with Gasteiger partial charge in [0.25, 0.3) is 0 Å². The predicted octanol–water partition coefficient (Wildman–Crippen LogP) is 5.97. The number of amides is 2. The van der Waals surface area contributed by atoms with E-state index in [9.17, 15) is 14.4 Å². The first kappa shape index (κ1) is 25.8. The molecule has 0 saturated carbocycles. The standard InChI is InChI=1S/C26H27ClN4O4/c1-15-9-20(31-25(34)35-26(3,4)5)21(11-19(15)27)30-24(33)12-23(32)18-8-6-7-17(10-18)22-14-28-13-16(2)29-22/h6-11,13-14H,12H2,1-5H3,(H,30,33)(H,31,34). The van der Waals surface area contributed by atoms with Crippen LogP contribution in [0.3, 0.4) is 0 Å². The number of nitrogens with one attached hydrogen (secondary N) is 2. The Morgan fingerprint density at radius 1 is 1.00 bits per heavy atom. The summed E-state index contributed by atoms with van der Waals surface area (Å²) in [6.45, 7) is 8.83. The van der Waals surface area contributed by atoms with Crippen LogP contribution in [-0.4, -0.2) is 33.4 Å². The number of nitrogens with zero attached hydrogens (tertiary/aromatic N) is 2. The van der Waals surface area contributed by atoms with E-state index in [4.69, 9.17) is 16.3 Å². The smallest absolute Gasteiger partial charge is 0.412 e. The number of hydrogen-bond acceptors (Lipinski definition) is 6. The summed E-state index contributed by atoms with van der Waals surface area (Å²) < 4.78 is 5.29. The number of Topliss-reactive ketones (excluding diaryl/α,β-unsaturated/α-hetero) is 1. The van der Waals surface area contributed by atoms with Gasteiger partial charge in [0.2, 0.25) is 5.91 Å². The first-order valence-corrected chi connectivity index (χ1v) is 11.3. The van der Waals surface area contributed by atoms with Crippen molar-refractivity contribution in [1.29, 1.82) is 0 Å². The lowest BCUT2D eigenvalue weighted by molar-refractivity contribution is -0.115. The van der Waals surface area contributed by atoms with Crippen molar-refractivity contribution < 1.29 is 19.1 Å². The van der Waals surface area contributed by atoms with Gasteiger partial charge in [0.05, 0.1) is 35.4 Å². The number of halogens is 1. The maximum Gasteiger partial charge on any atom is 0.412 e. The summed E-state index contributed by atoms with van der Waals surface area (Å²) in [5.74, 6) is -0.923. The molecule has 0 spiro atoms. The highest BCUT2D eigenvalue weighted by Gasteiger charge is 2.20. The molecule has 0 fully saturated rings. The van der Waals surface area contributed by atoms with E-state index >= 15 is 0 Å². The summed E-state index contributed by atoms with van der Waals surface area (Å²) in [6, 6.07) is 10.0. The second kappa shape index (κ2) is 10.7. The third kappa shape index (κ3) is 7.35. The molecule has 3 aromatic rings. The van der Waals surface area contributed by atoms with Gasteiger partial charge < -0.3 is 10.1 Å². The van der Waals surface area contributed by atoms with Crippen molar-refractivity contribution >= 4 is 40.8 Å². The van der Waals surface area contributed by atoms with Gasteiger partial charge in [0.15, 0.2) is 5.78 Å². The van der Waals surface area contributed by atoms with E-state index in [1.165, 1.54) is 6.07 Å². The zero-order valence-corrected chi connectivity index (χ0v) is 21.0. The van der Waals surface area contributed by atoms with Crippen molar-refractivity contribution in [3.8, 4) is 11.3 Å². The molecule has 0 aliphatic heterocycles. The fourth-order valence-corrected chi connectivity index (χ4v) is 3.36. The predicted molar refractivity (Wildman–Crippen MR) is 136 cm³/mol. The molecule has 1 aromatic heterocycles. The second-order valence-electron chi connectivity index (χ2n) is 9.05. The quantitative estimate of drug-likeness (QED) is 0.322. The van der Waals surface area contributed by atoms with Gasteiger partial charge in [-0.15, -0.1) is 0 Å². The van der Waals surface area contributed by atoms with Gasteiger partial charge in [-0.05, 0) is 58.4 Å². The van der Waals surface area contributed by atoms with Crippen LogP contribution in [0.2, 0.25) is 5.02 Å². The molecule has 0 bridgehead atoms.